The Balaban J connectivity index is 4.04. The molecule has 0 fully saturated rings. The van der Waals surface area contributed by atoms with Crippen molar-refractivity contribution in [3.05, 3.63) is 0 Å². The summed E-state index contributed by atoms with van der Waals surface area (Å²) >= 11 is 0. The van der Waals surface area contributed by atoms with Crippen LogP contribution in [0.15, 0.2) is 0 Å². The highest BCUT2D eigenvalue weighted by Gasteiger charge is 2.13. The van der Waals surface area contributed by atoms with E-state index in [1.807, 2.05) is 21.6 Å². The Labute approximate surface area is 307 Å². The minimum absolute atomic E-state index is 0.120. The van der Waals surface area contributed by atoms with Crippen LogP contribution in [0.3, 0.4) is 0 Å². The van der Waals surface area contributed by atoms with Crippen LogP contribution in [0.4, 0.5) is 0 Å². The van der Waals surface area contributed by atoms with E-state index in [9.17, 15) is 9.59 Å². The van der Waals surface area contributed by atoms with Gasteiger partial charge < -0.3 is 19.3 Å². The highest BCUT2D eigenvalue weighted by Crippen LogP contribution is 2.21. The minimum atomic E-state index is -0.120. The second-order valence-corrected chi connectivity index (χ2v) is 16.7. The molecule has 0 aliphatic rings. The molecule has 0 spiro atoms. The molecule has 0 aromatic carbocycles. The van der Waals surface area contributed by atoms with E-state index in [4.69, 9.17) is 9.47 Å². The van der Waals surface area contributed by atoms with Crippen molar-refractivity contribution < 1.29 is 19.1 Å². The first-order valence-corrected chi connectivity index (χ1v) is 22.9. The first-order chi connectivity index (χ1) is 23.5. The lowest BCUT2D eigenvalue weighted by molar-refractivity contribution is -0.144. The average Bonchev–Trinajstić information content (AvgIpc) is 3.07. The van der Waals surface area contributed by atoms with E-state index < -0.39 is 0 Å². The van der Waals surface area contributed by atoms with Gasteiger partial charge in [0.05, 0.1) is 26.1 Å². The molecule has 6 nitrogen and oxygen atoms in total. The number of carbonyl (C=O) groups excluding carboxylic acids is 2. The maximum atomic E-state index is 12.5. The number of ether oxygens (including phenoxy) is 2. The van der Waals surface area contributed by atoms with Crippen molar-refractivity contribution in [2.45, 2.75) is 181 Å². The van der Waals surface area contributed by atoms with Gasteiger partial charge in [-0.15, -0.1) is 0 Å². The highest BCUT2D eigenvalue weighted by atomic mass is 33.1. The van der Waals surface area contributed by atoms with Crippen LogP contribution in [0.1, 0.15) is 181 Å². The van der Waals surface area contributed by atoms with Gasteiger partial charge in [0.25, 0.3) is 0 Å². The van der Waals surface area contributed by atoms with Crippen LogP contribution in [0.5, 0.6) is 0 Å². The smallest absolute Gasteiger partial charge is 0.307 e. The quantitative estimate of drug-likeness (QED) is 0.0354. The van der Waals surface area contributed by atoms with Crippen molar-refractivity contribution in [3.63, 3.8) is 0 Å². The number of nitrogens with zero attached hydrogens (tertiary/aromatic N) is 2. The number of unbranched alkanes of at least 4 members (excludes halogenated alkanes) is 22. The van der Waals surface area contributed by atoms with E-state index in [0.29, 0.717) is 39.1 Å². The summed E-state index contributed by atoms with van der Waals surface area (Å²) in [6, 6.07) is 0. The third-order valence-electron chi connectivity index (χ3n) is 8.98. The van der Waals surface area contributed by atoms with Crippen LogP contribution < -0.4 is 0 Å². The normalized spacial score (nSPS) is 11.5. The van der Waals surface area contributed by atoms with Crippen LogP contribution in [-0.2, 0) is 19.1 Å². The summed E-state index contributed by atoms with van der Waals surface area (Å²) in [7, 11) is 7.96. The molecule has 0 radical (unpaired) electrons. The number of rotatable bonds is 39. The second kappa shape index (κ2) is 39.3. The van der Waals surface area contributed by atoms with Gasteiger partial charge in [-0.1, -0.05) is 177 Å². The van der Waals surface area contributed by atoms with E-state index in [-0.39, 0.29) is 11.9 Å². The highest BCUT2D eigenvalue weighted by molar-refractivity contribution is 8.76. The van der Waals surface area contributed by atoms with Crippen molar-refractivity contribution in [1.82, 2.24) is 9.80 Å². The van der Waals surface area contributed by atoms with Crippen molar-refractivity contribution in [1.29, 1.82) is 0 Å². The maximum Gasteiger partial charge on any atom is 0.307 e. The molecule has 0 aliphatic heterocycles. The molecule has 0 aromatic heterocycles. The van der Waals surface area contributed by atoms with Crippen molar-refractivity contribution >= 4 is 33.5 Å². The molecule has 0 N–H and O–H groups in total. The first kappa shape index (κ1) is 47.6. The molecule has 0 saturated carbocycles. The van der Waals surface area contributed by atoms with Crippen LogP contribution in [0.25, 0.3) is 0 Å². The van der Waals surface area contributed by atoms with Crippen LogP contribution in [-0.4, -0.2) is 86.7 Å². The Morgan fingerprint density at radius 1 is 0.438 bits per heavy atom. The molecule has 0 rings (SSSR count). The minimum Gasteiger partial charge on any atom is -0.466 e. The van der Waals surface area contributed by atoms with E-state index >= 15 is 0 Å². The molecule has 0 bridgehead atoms. The first-order valence-electron chi connectivity index (χ1n) is 20.4. The van der Waals surface area contributed by atoms with Gasteiger partial charge in [0.1, 0.15) is 0 Å². The summed E-state index contributed by atoms with van der Waals surface area (Å²) in [5, 5.41) is 0. The Kier molecular flexibility index (Phi) is 39.0. The molecule has 0 aromatic rings. The number of esters is 2. The van der Waals surface area contributed by atoms with Gasteiger partial charge >= 0.3 is 11.9 Å². The predicted molar refractivity (Wildman–Crippen MR) is 213 cm³/mol. The van der Waals surface area contributed by atoms with Gasteiger partial charge in [-0.3, -0.25) is 9.59 Å². The third kappa shape index (κ3) is 38.4. The molecule has 0 unspecified atom stereocenters. The average molecular weight is 717 g/mol. The van der Waals surface area contributed by atoms with Gasteiger partial charge in [0.15, 0.2) is 0 Å². The van der Waals surface area contributed by atoms with Crippen molar-refractivity contribution in [3.8, 4) is 0 Å². The lowest BCUT2D eigenvalue weighted by atomic mass is 10.1. The van der Waals surface area contributed by atoms with Gasteiger partial charge in [-0.25, -0.2) is 0 Å². The van der Waals surface area contributed by atoms with Gasteiger partial charge in [0, 0.05) is 37.7 Å². The zero-order chi connectivity index (χ0) is 35.2. The van der Waals surface area contributed by atoms with Gasteiger partial charge in [0.2, 0.25) is 0 Å². The fraction of sp³-hybridized carbons (Fsp3) is 0.950. The van der Waals surface area contributed by atoms with Crippen LogP contribution in [0.2, 0.25) is 0 Å². The molecular formula is C40H80N2O4S2. The molecule has 286 valence electrons. The fourth-order valence-corrected chi connectivity index (χ4v) is 7.90. The summed E-state index contributed by atoms with van der Waals surface area (Å²) in [4.78, 5) is 29.4. The zero-order valence-corrected chi connectivity index (χ0v) is 34.0. The largest absolute Gasteiger partial charge is 0.466 e. The van der Waals surface area contributed by atoms with Crippen molar-refractivity contribution in [2.75, 3.05) is 65.0 Å². The number of hydrogen-bond donors (Lipinski definition) is 0. The summed E-state index contributed by atoms with van der Waals surface area (Å²) in [5.74, 6) is 1.82. The summed E-state index contributed by atoms with van der Waals surface area (Å²) in [6.07, 6.45) is 32.0. The topological polar surface area (TPSA) is 59.1 Å². The Morgan fingerprint density at radius 2 is 0.750 bits per heavy atom. The molecular weight excluding hydrogens is 637 g/mol. The molecule has 0 aliphatic carbocycles. The van der Waals surface area contributed by atoms with E-state index in [2.05, 4.69) is 37.7 Å². The van der Waals surface area contributed by atoms with E-state index in [1.54, 1.807) is 0 Å². The van der Waals surface area contributed by atoms with E-state index in [0.717, 1.165) is 50.3 Å². The van der Waals surface area contributed by atoms with Crippen LogP contribution >= 0.6 is 21.6 Å². The predicted octanol–water partition coefficient (Wildman–Crippen LogP) is 11.5. The third-order valence-corrected chi connectivity index (χ3v) is 11.3. The van der Waals surface area contributed by atoms with Gasteiger partial charge in [-0.05, 0) is 26.9 Å². The molecule has 48 heavy (non-hydrogen) atoms. The summed E-state index contributed by atoms with van der Waals surface area (Å²) < 4.78 is 11.1. The molecule has 0 amide bonds. The monoisotopic (exact) mass is 717 g/mol. The molecule has 0 atom stereocenters. The Hall–Kier alpha value is -0.440. The Morgan fingerprint density at radius 3 is 1.08 bits per heavy atom. The lowest BCUT2D eigenvalue weighted by Crippen LogP contribution is -2.31. The standard InChI is InChI=1S/C40H80N2O4S2/c1-5-7-9-11-13-15-17-19-21-23-25-27-35-45-39(43)29-31-42(34-38-48-47-37-33-41(3)4)32-30-40(44)46-36-28-26-24-22-20-18-16-14-12-10-8-6-2/h5-38H2,1-4H3. The maximum absolute atomic E-state index is 12.5. The number of hydrogen-bond acceptors (Lipinski definition) is 8. The van der Waals surface area contributed by atoms with Crippen molar-refractivity contribution in [2.24, 2.45) is 0 Å². The lowest BCUT2D eigenvalue weighted by Gasteiger charge is -2.21. The van der Waals surface area contributed by atoms with Gasteiger partial charge in [-0.2, -0.15) is 0 Å². The SMILES string of the molecule is CCCCCCCCCCCCCCOC(=O)CCN(CCSSCCN(C)C)CCC(=O)OCCCCCCCCCCCCCC. The number of carbonyl (C=O) groups is 2. The Bertz CT molecular complexity index is 638. The summed E-state index contributed by atoms with van der Waals surface area (Å²) in [6.45, 7) is 8.79. The molecule has 8 heteroatoms. The molecule has 0 saturated heterocycles. The second-order valence-electron chi connectivity index (χ2n) is 14.0. The summed E-state index contributed by atoms with van der Waals surface area (Å²) in [5.41, 5.74) is 0. The molecule has 0 heterocycles. The van der Waals surface area contributed by atoms with E-state index in [1.165, 1.54) is 128 Å². The fourth-order valence-electron chi connectivity index (χ4n) is 5.74. The van der Waals surface area contributed by atoms with Crippen LogP contribution in [0, 0.1) is 0 Å². The zero-order valence-electron chi connectivity index (χ0n) is 32.4.